The fraction of sp³-hybridized carbons (Fsp3) is 0.286. The van der Waals surface area contributed by atoms with Gasteiger partial charge in [0.25, 0.3) is 5.56 Å². The number of hydrogen-bond donors (Lipinski definition) is 0. The van der Waals surface area contributed by atoms with E-state index in [2.05, 4.69) is 0 Å². The van der Waals surface area contributed by atoms with Gasteiger partial charge in [-0.05, 0) is 12.1 Å². The van der Waals surface area contributed by atoms with Crippen molar-refractivity contribution in [2.75, 3.05) is 7.05 Å². The zero-order valence-electron chi connectivity index (χ0n) is 12.6. The van der Waals surface area contributed by atoms with Crippen molar-refractivity contribution in [1.82, 2.24) is 13.4 Å². The summed E-state index contributed by atoms with van der Waals surface area (Å²) in [5, 5.41) is 0. The number of aromatic nitrogens is 2. The van der Waals surface area contributed by atoms with Crippen LogP contribution in [0, 0.1) is 0 Å². The van der Waals surface area contributed by atoms with E-state index in [1.807, 2.05) is 0 Å². The Balaban J connectivity index is 2.40. The second kappa shape index (κ2) is 5.90. The van der Waals surface area contributed by atoms with Crippen LogP contribution >= 0.6 is 0 Å². The summed E-state index contributed by atoms with van der Waals surface area (Å²) in [6.07, 6.45) is 0. The minimum atomic E-state index is -3.68. The first-order valence-corrected chi connectivity index (χ1v) is 7.96. The molecule has 0 aliphatic carbocycles. The van der Waals surface area contributed by atoms with Gasteiger partial charge in [0, 0.05) is 32.9 Å². The van der Waals surface area contributed by atoms with Gasteiger partial charge in [-0.3, -0.25) is 13.9 Å². The van der Waals surface area contributed by atoms with E-state index in [1.54, 1.807) is 18.2 Å². The molecule has 0 fully saturated rings. The van der Waals surface area contributed by atoms with Crippen LogP contribution in [0.15, 0.2) is 50.9 Å². The molecule has 22 heavy (non-hydrogen) atoms. The third-order valence-electron chi connectivity index (χ3n) is 3.46. The third kappa shape index (κ3) is 2.88. The van der Waals surface area contributed by atoms with Crippen molar-refractivity contribution in [3.8, 4) is 0 Å². The molecule has 8 heteroatoms. The Morgan fingerprint density at radius 1 is 1.05 bits per heavy atom. The highest BCUT2D eigenvalue weighted by molar-refractivity contribution is 7.89. The molecule has 0 aliphatic rings. The van der Waals surface area contributed by atoms with Crippen molar-refractivity contribution in [2.24, 2.45) is 14.1 Å². The molecule has 0 spiro atoms. The lowest BCUT2D eigenvalue weighted by atomic mass is 10.4. The maximum Gasteiger partial charge on any atom is 0.330 e. The minimum Gasteiger partial charge on any atom is -0.299 e. The highest BCUT2D eigenvalue weighted by Crippen LogP contribution is 2.15. The highest BCUT2D eigenvalue weighted by atomic mass is 32.2. The molecule has 0 amide bonds. The second-order valence-corrected chi connectivity index (χ2v) is 6.99. The van der Waals surface area contributed by atoms with E-state index in [1.165, 1.54) is 43.9 Å². The first kappa shape index (κ1) is 16.2. The van der Waals surface area contributed by atoms with E-state index >= 15 is 0 Å². The Kier molecular flexibility index (Phi) is 4.34. The molecule has 7 nitrogen and oxygen atoms in total. The predicted molar refractivity (Wildman–Crippen MR) is 82.0 cm³/mol. The molecule has 118 valence electrons. The number of benzene rings is 1. The minimum absolute atomic E-state index is 0.0704. The Morgan fingerprint density at radius 3 is 2.23 bits per heavy atom. The van der Waals surface area contributed by atoms with Gasteiger partial charge < -0.3 is 0 Å². The maximum atomic E-state index is 12.4. The van der Waals surface area contributed by atoms with Crippen molar-refractivity contribution in [3.05, 3.63) is 62.9 Å². The first-order valence-electron chi connectivity index (χ1n) is 6.52. The third-order valence-corrected chi connectivity index (χ3v) is 5.28. The SMILES string of the molecule is CN(Cc1cc(=O)n(C)c(=O)n1C)S(=O)(=O)c1ccccc1. The number of sulfonamides is 1. The Hall–Kier alpha value is -2.19. The molecule has 0 radical (unpaired) electrons. The zero-order chi connectivity index (χ0) is 16.5. The van der Waals surface area contributed by atoms with Gasteiger partial charge in [0.1, 0.15) is 0 Å². The molecular weight excluding hydrogens is 306 g/mol. The normalized spacial score (nSPS) is 11.8. The van der Waals surface area contributed by atoms with Crippen LogP contribution in [-0.4, -0.2) is 28.9 Å². The van der Waals surface area contributed by atoms with Gasteiger partial charge in [0.05, 0.1) is 11.4 Å². The quantitative estimate of drug-likeness (QED) is 0.787. The summed E-state index contributed by atoms with van der Waals surface area (Å²) in [7, 11) is 0.600. The summed E-state index contributed by atoms with van der Waals surface area (Å²) in [6, 6.07) is 9.25. The molecule has 0 aliphatic heterocycles. The van der Waals surface area contributed by atoms with Gasteiger partial charge in [-0.25, -0.2) is 13.2 Å². The van der Waals surface area contributed by atoms with Crippen LogP contribution in [0.2, 0.25) is 0 Å². The predicted octanol–water partition coefficient (Wildman–Crippen LogP) is -0.0953. The summed E-state index contributed by atoms with van der Waals surface area (Å²) in [6.45, 7) is -0.0704. The Bertz CT molecular complexity index is 898. The molecule has 0 N–H and O–H groups in total. The maximum absolute atomic E-state index is 12.4. The van der Waals surface area contributed by atoms with Gasteiger partial charge in [-0.2, -0.15) is 4.31 Å². The molecule has 0 bridgehead atoms. The van der Waals surface area contributed by atoms with E-state index in [4.69, 9.17) is 0 Å². The molecule has 1 heterocycles. The molecule has 2 aromatic rings. The smallest absolute Gasteiger partial charge is 0.299 e. The van der Waals surface area contributed by atoms with Gasteiger partial charge >= 0.3 is 5.69 Å². The van der Waals surface area contributed by atoms with Crippen molar-refractivity contribution in [2.45, 2.75) is 11.4 Å². The Labute approximate surface area is 128 Å². The van der Waals surface area contributed by atoms with Gasteiger partial charge in [-0.15, -0.1) is 0 Å². The second-order valence-electron chi connectivity index (χ2n) is 4.95. The largest absolute Gasteiger partial charge is 0.330 e. The first-order chi connectivity index (χ1) is 10.2. The monoisotopic (exact) mass is 323 g/mol. The fourth-order valence-electron chi connectivity index (χ4n) is 2.02. The number of nitrogens with zero attached hydrogens (tertiary/aromatic N) is 3. The van der Waals surface area contributed by atoms with Crippen LogP contribution in [0.1, 0.15) is 5.69 Å². The molecule has 1 aromatic carbocycles. The summed E-state index contributed by atoms with van der Waals surface area (Å²) in [5.41, 5.74) is -0.633. The van der Waals surface area contributed by atoms with E-state index in [9.17, 15) is 18.0 Å². The fourth-order valence-corrected chi connectivity index (χ4v) is 3.18. The van der Waals surface area contributed by atoms with Crippen molar-refractivity contribution < 1.29 is 8.42 Å². The lowest BCUT2D eigenvalue weighted by Crippen LogP contribution is -2.39. The molecule has 1 aromatic heterocycles. The zero-order valence-corrected chi connectivity index (χ0v) is 13.4. The van der Waals surface area contributed by atoms with E-state index in [0.29, 0.717) is 5.69 Å². The van der Waals surface area contributed by atoms with Crippen LogP contribution in [-0.2, 0) is 30.7 Å². The van der Waals surface area contributed by atoms with Crippen LogP contribution in [0.25, 0.3) is 0 Å². The standard InChI is InChI=1S/C14H17N3O4S/c1-15(22(20,21)12-7-5-4-6-8-12)10-11-9-13(18)17(3)14(19)16(11)2/h4-9H,10H2,1-3H3. The topological polar surface area (TPSA) is 81.4 Å². The molecule has 0 unspecified atom stereocenters. The average molecular weight is 323 g/mol. The number of hydrogen-bond acceptors (Lipinski definition) is 4. The van der Waals surface area contributed by atoms with Gasteiger partial charge in [0.2, 0.25) is 10.0 Å². The molecule has 0 atom stereocenters. The average Bonchev–Trinajstić information content (AvgIpc) is 2.51. The van der Waals surface area contributed by atoms with E-state index in [-0.39, 0.29) is 11.4 Å². The van der Waals surface area contributed by atoms with Crippen LogP contribution in [0.5, 0.6) is 0 Å². The van der Waals surface area contributed by atoms with Gasteiger partial charge in [0.15, 0.2) is 0 Å². The molecule has 2 rings (SSSR count). The lowest BCUT2D eigenvalue weighted by Gasteiger charge is -2.19. The molecular formula is C14H17N3O4S. The number of rotatable bonds is 4. The van der Waals surface area contributed by atoms with Crippen LogP contribution in [0.3, 0.4) is 0 Å². The lowest BCUT2D eigenvalue weighted by molar-refractivity contribution is 0.450. The molecule has 0 saturated heterocycles. The van der Waals surface area contributed by atoms with E-state index < -0.39 is 21.3 Å². The van der Waals surface area contributed by atoms with Crippen molar-refractivity contribution in [3.63, 3.8) is 0 Å². The summed E-state index contributed by atoms with van der Waals surface area (Å²) < 4.78 is 28.2. The summed E-state index contributed by atoms with van der Waals surface area (Å²) >= 11 is 0. The van der Waals surface area contributed by atoms with E-state index in [0.717, 1.165) is 8.87 Å². The highest BCUT2D eigenvalue weighted by Gasteiger charge is 2.21. The van der Waals surface area contributed by atoms with Crippen LogP contribution in [0.4, 0.5) is 0 Å². The Morgan fingerprint density at radius 2 is 1.64 bits per heavy atom. The molecule has 0 saturated carbocycles. The van der Waals surface area contributed by atoms with Crippen molar-refractivity contribution in [1.29, 1.82) is 0 Å². The van der Waals surface area contributed by atoms with Gasteiger partial charge in [-0.1, -0.05) is 18.2 Å². The summed E-state index contributed by atoms with van der Waals surface area (Å²) in [4.78, 5) is 23.7. The summed E-state index contributed by atoms with van der Waals surface area (Å²) in [5.74, 6) is 0. The van der Waals surface area contributed by atoms with Crippen molar-refractivity contribution >= 4 is 10.0 Å². The van der Waals surface area contributed by atoms with Crippen LogP contribution < -0.4 is 11.2 Å².